The van der Waals surface area contributed by atoms with Crippen molar-refractivity contribution in [3.8, 4) is 5.75 Å². The Labute approximate surface area is 243 Å². The lowest BCUT2D eigenvalue weighted by atomic mass is 9.57. The molecular formula is C32H41ClN2O4S. The monoisotopic (exact) mass is 584 g/mol. The van der Waals surface area contributed by atoms with E-state index in [1.165, 1.54) is 11.1 Å². The van der Waals surface area contributed by atoms with Crippen molar-refractivity contribution in [3.05, 3.63) is 58.1 Å². The minimum Gasteiger partial charge on any atom is -0.490 e. The van der Waals surface area contributed by atoms with Gasteiger partial charge in [-0.3, -0.25) is 9.52 Å². The molecule has 1 amide bonds. The van der Waals surface area contributed by atoms with Crippen LogP contribution in [0, 0.1) is 11.3 Å². The maximum absolute atomic E-state index is 13.3. The first-order valence-electron chi connectivity index (χ1n) is 14.7. The van der Waals surface area contributed by atoms with Crippen LogP contribution in [0.1, 0.15) is 79.8 Å². The Bertz CT molecular complexity index is 1410. The van der Waals surface area contributed by atoms with Crippen LogP contribution in [-0.2, 0) is 21.5 Å². The topological polar surface area (TPSA) is 78.9 Å². The van der Waals surface area contributed by atoms with Gasteiger partial charge in [-0.1, -0.05) is 37.4 Å². The molecule has 2 aromatic carbocycles. The Kier molecular flexibility index (Phi) is 7.37. The molecule has 0 radical (unpaired) electrons. The number of anilines is 1. The number of carbonyl (C=O) groups excluding carboxylic acids is 1. The molecule has 0 saturated heterocycles. The molecule has 1 spiro atoms. The van der Waals surface area contributed by atoms with E-state index in [0.29, 0.717) is 30.3 Å². The molecule has 2 aromatic rings. The SMILES string of the molecule is C=S1(=O)CCCCC[C@@H](O)[C@@]2(C)CC[C@@H]2CN2C[C@@]3(CCCc4cc(Cl)ccc43)COc3ccc(cc32)C(=O)N1. The zero-order valence-corrected chi connectivity index (χ0v) is 25.0. The number of ether oxygens (including phenoxy) is 1. The Morgan fingerprint density at radius 2 is 1.98 bits per heavy atom. The number of nitrogens with one attached hydrogen (secondary N) is 1. The normalized spacial score (nSPS) is 34.5. The molecule has 40 heavy (non-hydrogen) atoms. The van der Waals surface area contributed by atoms with E-state index in [0.717, 1.165) is 80.9 Å². The van der Waals surface area contributed by atoms with Crippen LogP contribution in [0.25, 0.3) is 0 Å². The number of amides is 1. The van der Waals surface area contributed by atoms with Crippen molar-refractivity contribution in [1.29, 1.82) is 0 Å². The summed E-state index contributed by atoms with van der Waals surface area (Å²) in [6.07, 6.45) is 7.95. The lowest BCUT2D eigenvalue weighted by Crippen LogP contribution is -2.54. The largest absolute Gasteiger partial charge is 0.490 e. The highest BCUT2D eigenvalue weighted by Gasteiger charge is 2.49. The predicted octanol–water partition coefficient (Wildman–Crippen LogP) is 5.53. The first-order chi connectivity index (χ1) is 19.1. The van der Waals surface area contributed by atoms with Gasteiger partial charge in [-0.15, -0.1) is 0 Å². The van der Waals surface area contributed by atoms with Gasteiger partial charge in [0, 0.05) is 44.6 Å². The van der Waals surface area contributed by atoms with Crippen LogP contribution in [0.4, 0.5) is 5.69 Å². The van der Waals surface area contributed by atoms with Crippen LogP contribution < -0.4 is 14.4 Å². The summed E-state index contributed by atoms with van der Waals surface area (Å²) >= 11 is 6.40. The first kappa shape index (κ1) is 27.9. The molecule has 2 aliphatic heterocycles. The number of rotatable bonds is 0. The molecule has 6 rings (SSSR count). The van der Waals surface area contributed by atoms with Gasteiger partial charge in [0.15, 0.2) is 0 Å². The summed E-state index contributed by atoms with van der Waals surface area (Å²) in [6, 6.07) is 11.8. The van der Waals surface area contributed by atoms with Gasteiger partial charge in [-0.25, -0.2) is 4.21 Å². The Morgan fingerprint density at radius 3 is 2.77 bits per heavy atom. The quantitative estimate of drug-likeness (QED) is 0.398. The van der Waals surface area contributed by atoms with Gasteiger partial charge in [-0.05, 0) is 104 Å². The third kappa shape index (κ3) is 5.14. The number of benzene rings is 2. The van der Waals surface area contributed by atoms with Gasteiger partial charge >= 0.3 is 0 Å². The highest BCUT2D eigenvalue weighted by molar-refractivity contribution is 7.99. The van der Waals surface area contributed by atoms with E-state index < -0.39 is 9.71 Å². The summed E-state index contributed by atoms with van der Waals surface area (Å²) in [5, 5.41) is 12.1. The van der Waals surface area contributed by atoms with Crippen molar-refractivity contribution in [3.63, 3.8) is 0 Å². The van der Waals surface area contributed by atoms with Crippen molar-refractivity contribution >= 4 is 38.8 Å². The molecule has 1 unspecified atom stereocenters. The fraction of sp³-hybridized carbons (Fsp3) is 0.562. The average molecular weight is 585 g/mol. The number of hydrogen-bond donors (Lipinski definition) is 2. The highest BCUT2D eigenvalue weighted by Crippen LogP contribution is 2.52. The molecule has 2 aliphatic carbocycles. The van der Waals surface area contributed by atoms with Crippen LogP contribution >= 0.6 is 11.6 Å². The number of aliphatic hydroxyl groups is 1. The number of hydrogen-bond acceptors (Lipinski definition) is 5. The molecule has 1 fully saturated rings. The van der Waals surface area contributed by atoms with E-state index in [9.17, 15) is 14.1 Å². The van der Waals surface area contributed by atoms with E-state index in [1.807, 2.05) is 18.2 Å². The zero-order valence-electron chi connectivity index (χ0n) is 23.4. The van der Waals surface area contributed by atoms with Gasteiger partial charge in [0.2, 0.25) is 0 Å². The van der Waals surface area contributed by atoms with E-state index >= 15 is 0 Å². The zero-order chi connectivity index (χ0) is 28.1. The third-order valence-corrected chi connectivity index (χ3v) is 11.9. The number of halogens is 1. The summed E-state index contributed by atoms with van der Waals surface area (Å²) in [5.74, 6) is 4.90. The molecule has 0 aromatic heterocycles. The molecule has 2 heterocycles. The molecule has 4 aliphatic rings. The summed E-state index contributed by atoms with van der Waals surface area (Å²) in [7, 11) is -2.76. The summed E-state index contributed by atoms with van der Waals surface area (Å²) in [4.78, 5) is 15.7. The fourth-order valence-corrected chi connectivity index (χ4v) is 8.94. The molecule has 216 valence electrons. The number of nitrogens with zero attached hydrogens (tertiary/aromatic N) is 1. The maximum Gasteiger partial charge on any atom is 0.262 e. The highest BCUT2D eigenvalue weighted by atomic mass is 35.5. The van der Waals surface area contributed by atoms with E-state index in [-0.39, 0.29) is 22.8 Å². The maximum atomic E-state index is 13.3. The minimum absolute atomic E-state index is 0.148. The Balaban J connectivity index is 1.42. The van der Waals surface area contributed by atoms with E-state index in [4.69, 9.17) is 16.3 Å². The van der Waals surface area contributed by atoms with Crippen LogP contribution in [0.5, 0.6) is 5.75 Å². The van der Waals surface area contributed by atoms with Gasteiger partial charge < -0.3 is 14.7 Å². The Hall–Kier alpha value is -2.22. The van der Waals surface area contributed by atoms with Crippen LogP contribution in [0.3, 0.4) is 0 Å². The minimum atomic E-state index is -2.76. The molecular weight excluding hydrogens is 544 g/mol. The van der Waals surface area contributed by atoms with Gasteiger partial charge in [-0.2, -0.15) is 0 Å². The lowest BCUT2D eigenvalue weighted by Gasteiger charge is -2.53. The lowest BCUT2D eigenvalue weighted by molar-refractivity contribution is -0.0757. The van der Waals surface area contributed by atoms with E-state index in [2.05, 4.69) is 34.5 Å². The fourth-order valence-electron chi connectivity index (χ4n) is 7.52. The summed E-state index contributed by atoms with van der Waals surface area (Å²) < 4.78 is 22.4. The van der Waals surface area contributed by atoms with Crippen molar-refractivity contribution in [1.82, 2.24) is 4.72 Å². The first-order valence-corrected chi connectivity index (χ1v) is 17.0. The summed E-state index contributed by atoms with van der Waals surface area (Å²) in [5.41, 5.74) is 3.58. The van der Waals surface area contributed by atoms with E-state index in [1.54, 1.807) is 6.07 Å². The summed E-state index contributed by atoms with van der Waals surface area (Å²) in [6.45, 7) is 4.33. The van der Waals surface area contributed by atoms with Gasteiger partial charge in [0.25, 0.3) is 5.91 Å². The molecule has 1 saturated carbocycles. The molecule has 2 bridgehead atoms. The molecule has 2 N–H and O–H groups in total. The van der Waals surface area contributed by atoms with Crippen molar-refractivity contribution in [2.24, 2.45) is 11.3 Å². The number of aryl methyl sites for hydroxylation is 1. The smallest absolute Gasteiger partial charge is 0.262 e. The van der Waals surface area contributed by atoms with Crippen LogP contribution in [0.2, 0.25) is 5.02 Å². The van der Waals surface area contributed by atoms with Crippen LogP contribution in [-0.4, -0.2) is 52.6 Å². The number of carbonyl (C=O) groups is 1. The standard InChI is InChI=1S/C32H41ClN2O4S/c1-31-15-13-24(31)19-35-20-32(14-6-7-22-17-25(33)10-11-26(22)32)21-39-28-12-9-23(18-27(28)35)30(37)34-40(2,38)16-5-3-4-8-29(31)36/h9-12,17-18,24,29,36H,2-8,13-16,19-21H2,1H3,(H,34,37,38)/t24-,29-,31+,32+,40?/m1/s1. The molecule has 6 nitrogen and oxygen atoms in total. The Morgan fingerprint density at radius 1 is 1.12 bits per heavy atom. The number of aliphatic hydroxyl groups excluding tert-OH is 1. The van der Waals surface area contributed by atoms with Crippen molar-refractivity contribution in [2.75, 3.05) is 30.3 Å². The predicted molar refractivity (Wildman–Crippen MR) is 163 cm³/mol. The van der Waals surface area contributed by atoms with Gasteiger partial charge in [0.05, 0.1) is 18.4 Å². The number of fused-ring (bicyclic) bond motifs is 4. The second-order valence-corrected chi connectivity index (χ2v) is 15.5. The second-order valence-electron chi connectivity index (χ2n) is 12.8. The van der Waals surface area contributed by atoms with Crippen LogP contribution in [0.15, 0.2) is 36.4 Å². The third-order valence-electron chi connectivity index (χ3n) is 10.2. The average Bonchev–Trinajstić information content (AvgIpc) is 3.06. The van der Waals surface area contributed by atoms with Gasteiger partial charge in [0.1, 0.15) is 5.75 Å². The van der Waals surface area contributed by atoms with Crippen molar-refractivity contribution < 1.29 is 18.8 Å². The molecule has 8 heteroatoms. The molecule has 5 atom stereocenters. The van der Waals surface area contributed by atoms with Crippen molar-refractivity contribution in [2.45, 2.75) is 76.2 Å². The second kappa shape index (κ2) is 10.6.